The molecule has 1 N–H and O–H groups in total. The molecule has 0 saturated carbocycles. The maximum atomic E-state index is 13.6. The van der Waals surface area contributed by atoms with Crippen LogP contribution in [0.5, 0.6) is 5.75 Å². The van der Waals surface area contributed by atoms with Crippen molar-refractivity contribution in [1.29, 1.82) is 0 Å². The minimum Gasteiger partial charge on any atom is -0.491 e. The van der Waals surface area contributed by atoms with E-state index in [1.165, 1.54) is 5.56 Å². The molecule has 0 aliphatic carbocycles. The van der Waals surface area contributed by atoms with E-state index in [0.717, 1.165) is 37.0 Å². The SMILES string of the molecule is Cc1onc(-c2ccncc2)c1C(=O)N1CCC2(CCCCc3ccccc3OC[C@H](C)NC2=O)CC1. The highest BCUT2D eigenvalue weighted by molar-refractivity contribution is 6.01. The van der Waals surface area contributed by atoms with Crippen molar-refractivity contribution in [3.8, 4) is 17.0 Å². The molecule has 194 valence electrons. The van der Waals surface area contributed by atoms with Gasteiger partial charge in [0.15, 0.2) is 0 Å². The van der Waals surface area contributed by atoms with Crippen molar-refractivity contribution in [1.82, 2.24) is 20.4 Å². The maximum absolute atomic E-state index is 13.6. The highest BCUT2D eigenvalue weighted by Crippen LogP contribution is 2.39. The Morgan fingerprint density at radius 3 is 2.62 bits per heavy atom. The van der Waals surface area contributed by atoms with Crippen molar-refractivity contribution >= 4 is 11.8 Å². The number of aryl methyl sites for hydroxylation is 2. The van der Waals surface area contributed by atoms with E-state index in [2.05, 4.69) is 21.5 Å². The van der Waals surface area contributed by atoms with Crippen molar-refractivity contribution in [2.75, 3.05) is 19.7 Å². The summed E-state index contributed by atoms with van der Waals surface area (Å²) in [6.45, 7) is 5.20. The fraction of sp³-hybridized carbons (Fsp3) is 0.448. The van der Waals surface area contributed by atoms with Crippen LogP contribution in [0.4, 0.5) is 0 Å². The van der Waals surface area contributed by atoms with E-state index >= 15 is 0 Å². The predicted molar refractivity (Wildman–Crippen MR) is 139 cm³/mol. The number of benzene rings is 1. The van der Waals surface area contributed by atoms with Gasteiger partial charge < -0.3 is 19.5 Å². The van der Waals surface area contributed by atoms with E-state index in [1.54, 1.807) is 19.3 Å². The number of aromatic nitrogens is 2. The number of piperidine rings is 1. The lowest BCUT2D eigenvalue weighted by molar-refractivity contribution is -0.135. The maximum Gasteiger partial charge on any atom is 0.259 e. The Morgan fingerprint density at radius 1 is 1.08 bits per heavy atom. The number of rotatable bonds is 2. The van der Waals surface area contributed by atoms with Crippen molar-refractivity contribution in [2.24, 2.45) is 5.41 Å². The lowest BCUT2D eigenvalue weighted by atomic mass is 9.73. The van der Waals surface area contributed by atoms with E-state index in [4.69, 9.17) is 9.26 Å². The molecule has 2 aromatic heterocycles. The van der Waals surface area contributed by atoms with E-state index in [9.17, 15) is 9.59 Å². The van der Waals surface area contributed by atoms with E-state index in [0.29, 0.717) is 49.6 Å². The van der Waals surface area contributed by atoms with Crippen LogP contribution in [0.1, 0.15) is 60.7 Å². The molecule has 8 heteroatoms. The normalized spacial score (nSPS) is 20.2. The van der Waals surface area contributed by atoms with Gasteiger partial charge in [-0.15, -0.1) is 0 Å². The number of pyridine rings is 1. The summed E-state index contributed by atoms with van der Waals surface area (Å²) in [6.07, 6.45) is 8.27. The second kappa shape index (κ2) is 10.7. The summed E-state index contributed by atoms with van der Waals surface area (Å²) in [4.78, 5) is 33.0. The van der Waals surface area contributed by atoms with E-state index in [-0.39, 0.29) is 17.9 Å². The number of carbonyl (C=O) groups excluding carboxylic acids is 2. The lowest BCUT2D eigenvalue weighted by Gasteiger charge is -2.41. The van der Waals surface area contributed by atoms with Gasteiger partial charge in [-0.3, -0.25) is 14.6 Å². The monoisotopic (exact) mass is 502 g/mol. The minimum absolute atomic E-state index is 0.0724. The second-order valence-corrected chi connectivity index (χ2v) is 10.3. The van der Waals surface area contributed by atoms with Gasteiger partial charge >= 0.3 is 0 Å². The lowest BCUT2D eigenvalue weighted by Crippen LogP contribution is -2.52. The smallest absolute Gasteiger partial charge is 0.259 e. The number of hydrogen-bond acceptors (Lipinski definition) is 6. The fourth-order valence-electron chi connectivity index (χ4n) is 5.48. The van der Waals surface area contributed by atoms with Crippen LogP contribution in [-0.2, 0) is 11.2 Å². The quantitative estimate of drug-likeness (QED) is 0.551. The Kier molecular flexibility index (Phi) is 7.26. The van der Waals surface area contributed by atoms with Gasteiger partial charge in [0, 0.05) is 31.0 Å². The molecule has 2 amide bonds. The zero-order valence-corrected chi connectivity index (χ0v) is 21.5. The third kappa shape index (κ3) is 5.24. The number of para-hydroxylation sites is 1. The molecule has 0 radical (unpaired) electrons. The minimum atomic E-state index is -0.485. The van der Waals surface area contributed by atoms with Gasteiger partial charge in [0.1, 0.15) is 29.4 Å². The van der Waals surface area contributed by atoms with Crippen molar-refractivity contribution in [3.63, 3.8) is 0 Å². The molecule has 8 nitrogen and oxygen atoms in total. The number of amides is 2. The topological polar surface area (TPSA) is 97.6 Å². The summed E-state index contributed by atoms with van der Waals surface area (Å²) in [5.41, 5.74) is 2.53. The number of carbonyl (C=O) groups is 2. The van der Waals surface area contributed by atoms with Crippen molar-refractivity contribution in [3.05, 3.63) is 65.7 Å². The highest BCUT2D eigenvalue weighted by Gasteiger charge is 2.43. The number of hydrogen-bond donors (Lipinski definition) is 1. The van der Waals surface area contributed by atoms with Crippen LogP contribution in [0.3, 0.4) is 0 Å². The first-order valence-corrected chi connectivity index (χ1v) is 13.1. The van der Waals surface area contributed by atoms with Gasteiger partial charge in [-0.05, 0) is 69.7 Å². The summed E-state index contributed by atoms with van der Waals surface area (Å²) in [5.74, 6) is 1.37. The number of fused-ring (bicyclic) bond motifs is 1. The Balaban J connectivity index is 1.30. The fourth-order valence-corrected chi connectivity index (χ4v) is 5.48. The van der Waals surface area contributed by atoms with Gasteiger partial charge in [0.25, 0.3) is 5.91 Å². The Hall–Kier alpha value is -3.68. The highest BCUT2D eigenvalue weighted by atomic mass is 16.5. The average molecular weight is 503 g/mol. The molecule has 1 spiro atoms. The first-order valence-electron chi connectivity index (χ1n) is 13.1. The molecule has 1 fully saturated rings. The second-order valence-electron chi connectivity index (χ2n) is 10.3. The zero-order chi connectivity index (χ0) is 25.8. The van der Waals surface area contributed by atoms with Crippen LogP contribution >= 0.6 is 0 Å². The van der Waals surface area contributed by atoms with E-state index in [1.807, 2.05) is 42.2 Å². The molecule has 2 aliphatic rings. The molecule has 3 aromatic rings. The van der Waals surface area contributed by atoms with Gasteiger partial charge in [0.05, 0.1) is 11.5 Å². The number of ether oxygens (including phenoxy) is 1. The molecule has 1 atom stereocenters. The molecule has 1 aromatic carbocycles. The summed E-state index contributed by atoms with van der Waals surface area (Å²) in [7, 11) is 0. The average Bonchev–Trinajstić information content (AvgIpc) is 3.31. The summed E-state index contributed by atoms with van der Waals surface area (Å²) < 4.78 is 11.5. The Morgan fingerprint density at radius 2 is 1.84 bits per heavy atom. The third-order valence-electron chi connectivity index (χ3n) is 7.71. The van der Waals surface area contributed by atoms with Gasteiger partial charge in [0.2, 0.25) is 5.91 Å². The van der Waals surface area contributed by atoms with E-state index < -0.39 is 5.41 Å². The molecule has 0 bridgehead atoms. The Labute approximate surface area is 217 Å². The summed E-state index contributed by atoms with van der Waals surface area (Å²) in [5, 5.41) is 7.36. The van der Waals surface area contributed by atoms with Crippen molar-refractivity contribution in [2.45, 2.75) is 58.4 Å². The van der Waals surface area contributed by atoms with Crippen LogP contribution in [0.15, 0.2) is 53.3 Å². The first kappa shape index (κ1) is 25.0. The van der Waals surface area contributed by atoms with Crippen LogP contribution in [0.2, 0.25) is 0 Å². The first-order chi connectivity index (χ1) is 18.0. The largest absolute Gasteiger partial charge is 0.491 e. The number of likely N-dealkylation sites (tertiary alicyclic amines) is 1. The zero-order valence-electron chi connectivity index (χ0n) is 21.5. The molecular formula is C29H34N4O4. The predicted octanol–water partition coefficient (Wildman–Crippen LogP) is 4.58. The number of nitrogens with zero attached hydrogens (tertiary/aromatic N) is 3. The van der Waals surface area contributed by atoms with Crippen LogP contribution < -0.4 is 10.1 Å². The molecule has 1 saturated heterocycles. The summed E-state index contributed by atoms with van der Waals surface area (Å²) >= 11 is 0. The van der Waals surface area contributed by atoms with Crippen LogP contribution in [0, 0.1) is 12.3 Å². The standard InChI is InChI=1S/C29H34N4O4/c1-20-19-36-24-9-4-3-7-22(24)8-5-6-12-29(28(35)31-20)13-17-33(18-14-29)27(34)25-21(2)37-32-26(25)23-10-15-30-16-11-23/h3-4,7,9-11,15-16,20H,5-6,8,12-14,17-19H2,1-2H3,(H,31,35)/t20-/m0/s1. The molecular weight excluding hydrogens is 468 g/mol. The molecule has 0 unspecified atom stereocenters. The molecule has 2 aliphatic heterocycles. The van der Waals surface area contributed by atoms with Crippen LogP contribution in [0.25, 0.3) is 11.3 Å². The van der Waals surface area contributed by atoms with Gasteiger partial charge in [-0.25, -0.2) is 0 Å². The molecule has 37 heavy (non-hydrogen) atoms. The van der Waals surface area contributed by atoms with Gasteiger partial charge in [-0.2, -0.15) is 0 Å². The van der Waals surface area contributed by atoms with Gasteiger partial charge in [-0.1, -0.05) is 29.8 Å². The number of nitrogens with one attached hydrogen (secondary N) is 1. The Bertz CT molecular complexity index is 1250. The van der Waals surface area contributed by atoms with Crippen LogP contribution in [-0.4, -0.2) is 52.6 Å². The van der Waals surface area contributed by atoms with Crippen molar-refractivity contribution < 1.29 is 18.8 Å². The summed E-state index contributed by atoms with van der Waals surface area (Å²) in [6, 6.07) is 11.7. The third-order valence-corrected chi connectivity index (χ3v) is 7.71. The molecule has 5 rings (SSSR count). The molecule has 4 heterocycles.